The zero-order valence-corrected chi connectivity index (χ0v) is 10.3. The summed E-state index contributed by atoms with van der Waals surface area (Å²) in [5.74, 6) is -1.24. The minimum absolute atomic E-state index is 0.288. The third-order valence-corrected chi connectivity index (χ3v) is 3.00. The molecule has 1 saturated heterocycles. The minimum atomic E-state index is -1.66. The van der Waals surface area contributed by atoms with E-state index in [-0.39, 0.29) is 6.61 Å². The van der Waals surface area contributed by atoms with Crippen LogP contribution in [0.5, 0.6) is 0 Å². The number of hydrogen-bond acceptors (Lipinski definition) is 8. The van der Waals surface area contributed by atoms with E-state index >= 15 is 0 Å². The molecule has 112 valence electrons. The average molecular weight is 281 g/mol. The van der Waals surface area contributed by atoms with Gasteiger partial charge in [-0.3, -0.25) is 4.79 Å². The maximum Gasteiger partial charge on any atom is 0.323 e. The molecule has 0 amide bonds. The molecule has 9 heteroatoms. The van der Waals surface area contributed by atoms with Gasteiger partial charge in [-0.2, -0.15) is 0 Å². The molecule has 1 heterocycles. The van der Waals surface area contributed by atoms with Crippen molar-refractivity contribution >= 4 is 5.97 Å². The molecule has 0 aliphatic carbocycles. The van der Waals surface area contributed by atoms with Gasteiger partial charge in [0.05, 0.1) is 12.7 Å². The lowest BCUT2D eigenvalue weighted by atomic mass is 9.99. The van der Waals surface area contributed by atoms with Crippen LogP contribution in [0.1, 0.15) is 6.92 Å². The molecule has 0 saturated carbocycles. The molecular weight excluding hydrogens is 262 g/mol. The molecule has 7 N–H and O–H groups in total. The van der Waals surface area contributed by atoms with Crippen LogP contribution in [0.25, 0.3) is 0 Å². The summed E-state index contributed by atoms with van der Waals surface area (Å²) in [7, 11) is 0. The van der Waals surface area contributed by atoms with Gasteiger partial charge in [0.2, 0.25) is 0 Å². The first kappa shape index (κ1) is 16.2. The van der Waals surface area contributed by atoms with E-state index in [0.29, 0.717) is 0 Å². The van der Waals surface area contributed by atoms with Gasteiger partial charge in [0.15, 0.2) is 6.29 Å². The van der Waals surface area contributed by atoms with Gasteiger partial charge in [-0.1, -0.05) is 0 Å². The van der Waals surface area contributed by atoms with E-state index < -0.39 is 48.8 Å². The van der Waals surface area contributed by atoms with Gasteiger partial charge in [0.1, 0.15) is 30.5 Å². The predicted octanol–water partition coefficient (Wildman–Crippen LogP) is -3.40. The van der Waals surface area contributed by atoms with Crippen molar-refractivity contribution in [2.24, 2.45) is 5.73 Å². The van der Waals surface area contributed by atoms with Crippen LogP contribution in [-0.2, 0) is 14.3 Å². The monoisotopic (exact) mass is 281 g/mol. The van der Waals surface area contributed by atoms with E-state index in [1.807, 2.05) is 0 Å². The van der Waals surface area contributed by atoms with Crippen molar-refractivity contribution in [2.45, 2.75) is 49.8 Å². The van der Waals surface area contributed by atoms with Crippen molar-refractivity contribution in [1.82, 2.24) is 0 Å². The highest BCUT2D eigenvalue weighted by molar-refractivity contribution is 5.73. The van der Waals surface area contributed by atoms with Crippen molar-refractivity contribution in [3.05, 3.63) is 0 Å². The highest BCUT2D eigenvalue weighted by atomic mass is 16.6. The van der Waals surface area contributed by atoms with Gasteiger partial charge in [-0.25, -0.2) is 0 Å². The highest BCUT2D eigenvalue weighted by Gasteiger charge is 2.43. The van der Waals surface area contributed by atoms with Crippen molar-refractivity contribution in [2.75, 3.05) is 6.61 Å². The van der Waals surface area contributed by atoms with E-state index in [1.54, 1.807) is 0 Å². The molecule has 9 nitrogen and oxygen atoms in total. The number of rotatable bonds is 5. The number of carbonyl (C=O) groups is 1. The Hall–Kier alpha value is -0.810. The number of carboxylic acids is 1. The second-order valence-corrected chi connectivity index (χ2v) is 4.44. The van der Waals surface area contributed by atoms with Crippen LogP contribution in [0.2, 0.25) is 0 Å². The predicted molar refractivity (Wildman–Crippen MR) is 59.9 cm³/mol. The molecule has 19 heavy (non-hydrogen) atoms. The molecular formula is C10H19NO8. The topological polar surface area (TPSA) is 163 Å². The molecule has 7 atom stereocenters. The molecule has 0 aromatic heterocycles. The maximum absolute atomic E-state index is 10.6. The zero-order valence-electron chi connectivity index (χ0n) is 10.3. The Labute approximate surface area is 109 Å². The second-order valence-electron chi connectivity index (χ2n) is 4.44. The number of aliphatic hydroxyl groups is 4. The molecule has 1 aliphatic rings. The zero-order chi connectivity index (χ0) is 14.7. The standard InChI is InChI=1S/C10H19NO8/c1-3(5(11)9(15)16)18-2-4-6(12)7(13)8(14)10(17)19-4/h3-8,10,12-14,17H,2,11H2,1H3,(H,15,16)/t3?,4-,5+,6-,7+,8-,10-/m1/s1. The van der Waals surface area contributed by atoms with Crippen LogP contribution in [0.3, 0.4) is 0 Å². The van der Waals surface area contributed by atoms with Crippen molar-refractivity contribution in [3.63, 3.8) is 0 Å². The van der Waals surface area contributed by atoms with Crippen molar-refractivity contribution in [1.29, 1.82) is 0 Å². The van der Waals surface area contributed by atoms with Gasteiger partial charge in [-0.05, 0) is 6.92 Å². The van der Waals surface area contributed by atoms with Crippen LogP contribution >= 0.6 is 0 Å². The first-order valence-electron chi connectivity index (χ1n) is 5.73. The molecule has 1 rings (SSSR count). The molecule has 0 radical (unpaired) electrons. The van der Waals surface area contributed by atoms with E-state index in [0.717, 1.165) is 0 Å². The number of aliphatic hydroxyl groups excluding tert-OH is 4. The van der Waals surface area contributed by atoms with E-state index in [4.69, 9.17) is 20.3 Å². The summed E-state index contributed by atoms with van der Waals surface area (Å²) in [6.07, 6.45) is -8.28. The SMILES string of the molecule is CC(OC[C@H]1O[C@@H](O)[C@H](O)[C@@H](O)[C@@H]1O)[C@H](N)C(=O)O. The Morgan fingerprint density at radius 3 is 2.37 bits per heavy atom. The third kappa shape index (κ3) is 3.83. The number of nitrogens with two attached hydrogens (primary N) is 1. The Balaban J connectivity index is 2.51. The van der Waals surface area contributed by atoms with Crippen LogP contribution < -0.4 is 5.73 Å². The summed E-state index contributed by atoms with van der Waals surface area (Å²) < 4.78 is 9.97. The van der Waals surface area contributed by atoms with Crippen LogP contribution in [0, 0.1) is 0 Å². The number of carboxylic acid groups (broad SMARTS) is 1. The van der Waals surface area contributed by atoms with Gasteiger partial charge >= 0.3 is 5.97 Å². The van der Waals surface area contributed by atoms with Crippen LogP contribution in [0.4, 0.5) is 0 Å². The summed E-state index contributed by atoms with van der Waals surface area (Å²) in [5.41, 5.74) is 5.32. The summed E-state index contributed by atoms with van der Waals surface area (Å²) in [6, 6.07) is -1.25. The van der Waals surface area contributed by atoms with Crippen molar-refractivity contribution in [3.8, 4) is 0 Å². The van der Waals surface area contributed by atoms with Gasteiger partial charge < -0.3 is 40.7 Å². The Kier molecular flexibility index (Phi) is 5.62. The molecule has 0 bridgehead atoms. The maximum atomic E-state index is 10.6. The minimum Gasteiger partial charge on any atom is -0.480 e. The lowest BCUT2D eigenvalue weighted by Gasteiger charge is -2.38. The largest absolute Gasteiger partial charge is 0.480 e. The van der Waals surface area contributed by atoms with Gasteiger partial charge in [0.25, 0.3) is 0 Å². The highest BCUT2D eigenvalue weighted by Crippen LogP contribution is 2.20. The summed E-state index contributed by atoms with van der Waals surface area (Å²) in [4.78, 5) is 10.6. The van der Waals surface area contributed by atoms with Gasteiger partial charge in [-0.15, -0.1) is 0 Å². The molecule has 0 aromatic rings. The molecule has 1 aliphatic heterocycles. The molecule has 1 unspecified atom stereocenters. The van der Waals surface area contributed by atoms with E-state index in [1.165, 1.54) is 6.92 Å². The Morgan fingerprint density at radius 1 is 1.26 bits per heavy atom. The Bertz CT molecular complexity index is 314. The number of ether oxygens (including phenoxy) is 2. The lowest BCUT2D eigenvalue weighted by Crippen LogP contribution is -2.59. The summed E-state index contributed by atoms with van der Waals surface area (Å²) in [6.45, 7) is 1.14. The normalized spacial score (nSPS) is 38.7. The van der Waals surface area contributed by atoms with Crippen LogP contribution in [0.15, 0.2) is 0 Å². The smallest absolute Gasteiger partial charge is 0.323 e. The Morgan fingerprint density at radius 2 is 1.84 bits per heavy atom. The second kappa shape index (κ2) is 6.57. The summed E-state index contributed by atoms with van der Waals surface area (Å²) in [5, 5.41) is 46.2. The average Bonchev–Trinajstić information content (AvgIpc) is 2.37. The number of aliphatic carboxylic acids is 1. The molecule has 0 spiro atoms. The van der Waals surface area contributed by atoms with Crippen LogP contribution in [-0.4, -0.2) is 81.0 Å². The molecule has 1 fully saturated rings. The first-order chi connectivity index (χ1) is 8.75. The van der Waals surface area contributed by atoms with Gasteiger partial charge in [0, 0.05) is 0 Å². The van der Waals surface area contributed by atoms with E-state index in [9.17, 15) is 25.2 Å². The fraction of sp³-hybridized carbons (Fsp3) is 0.900. The quantitative estimate of drug-likeness (QED) is 0.301. The van der Waals surface area contributed by atoms with E-state index in [2.05, 4.69) is 0 Å². The third-order valence-electron chi connectivity index (χ3n) is 3.00. The first-order valence-corrected chi connectivity index (χ1v) is 5.73. The fourth-order valence-corrected chi connectivity index (χ4v) is 1.62. The lowest BCUT2D eigenvalue weighted by molar-refractivity contribution is -0.290. The van der Waals surface area contributed by atoms with Crippen molar-refractivity contribution < 1.29 is 39.8 Å². The molecule has 0 aromatic carbocycles. The number of hydrogen-bond donors (Lipinski definition) is 6. The fourth-order valence-electron chi connectivity index (χ4n) is 1.62. The summed E-state index contributed by atoms with van der Waals surface area (Å²) >= 11 is 0.